The highest BCUT2D eigenvalue weighted by molar-refractivity contribution is 6.06. The minimum absolute atomic E-state index is 0.0856. The summed E-state index contributed by atoms with van der Waals surface area (Å²) in [7, 11) is 0. The number of piperidine rings is 1. The Labute approximate surface area is 198 Å². The van der Waals surface area contributed by atoms with Gasteiger partial charge >= 0.3 is 0 Å². The molecule has 0 spiro atoms. The minimum atomic E-state index is -2.98. The van der Waals surface area contributed by atoms with Gasteiger partial charge in [0.2, 0.25) is 11.8 Å². The quantitative estimate of drug-likeness (QED) is 0.651. The molecule has 2 N–H and O–H groups in total. The van der Waals surface area contributed by atoms with E-state index >= 15 is 0 Å². The van der Waals surface area contributed by atoms with Crippen LogP contribution in [-0.4, -0.2) is 59.9 Å². The number of imide groups is 1. The molecule has 2 aromatic rings. The maximum absolute atomic E-state index is 13.2. The van der Waals surface area contributed by atoms with Crippen LogP contribution in [0.4, 0.5) is 5.69 Å². The van der Waals surface area contributed by atoms with Crippen molar-refractivity contribution in [3.63, 3.8) is 0 Å². The van der Waals surface area contributed by atoms with Gasteiger partial charge < -0.3 is 15.0 Å². The molecule has 2 saturated heterocycles. The summed E-state index contributed by atoms with van der Waals surface area (Å²) in [5.41, 5.74) is 3.83. The molecule has 8 heteroatoms. The van der Waals surface area contributed by atoms with E-state index in [0.29, 0.717) is 23.4 Å². The predicted octanol–water partition coefficient (Wildman–Crippen LogP) is 1.89. The molecule has 2 fully saturated rings. The van der Waals surface area contributed by atoms with Crippen LogP contribution >= 0.6 is 0 Å². The number of rotatable bonds is 6. The standard InChI is InChI=1S/C25H28N4O4/c30-23-9-8-22(24(31)27-23)29-16-20-19(25(29)32)2-1-3-21(20)26-14-17-4-6-18(7-5-17)15-28-10-12-33-13-11-28/h1-7,22,26H,8-16H2,(H,27,30,31)/t22-/m1/s1/i8D2,9D2. The molecule has 5 rings (SSSR count). The molecule has 2 aromatic carbocycles. The Hall–Kier alpha value is -3.23. The summed E-state index contributed by atoms with van der Waals surface area (Å²) in [5.74, 6) is -2.96. The van der Waals surface area contributed by atoms with Crippen molar-refractivity contribution in [2.45, 2.75) is 38.4 Å². The Bertz CT molecular complexity index is 1230. The first-order valence-corrected chi connectivity index (χ1v) is 11.0. The molecular formula is C25H28N4O4. The third-order valence-electron chi connectivity index (χ3n) is 6.13. The van der Waals surface area contributed by atoms with Crippen molar-refractivity contribution >= 4 is 23.4 Å². The average Bonchev–Trinajstić information content (AvgIpc) is 3.19. The van der Waals surface area contributed by atoms with Crippen molar-refractivity contribution in [2.75, 3.05) is 31.6 Å². The fourth-order valence-electron chi connectivity index (χ4n) is 4.34. The molecule has 3 aliphatic rings. The largest absolute Gasteiger partial charge is 0.381 e. The smallest absolute Gasteiger partial charge is 0.255 e. The molecule has 33 heavy (non-hydrogen) atoms. The zero-order valence-corrected chi connectivity index (χ0v) is 18.1. The van der Waals surface area contributed by atoms with Gasteiger partial charge in [-0.05, 0) is 29.6 Å². The van der Waals surface area contributed by atoms with Gasteiger partial charge in [0.05, 0.1) is 13.2 Å². The Morgan fingerprint density at radius 1 is 1.06 bits per heavy atom. The van der Waals surface area contributed by atoms with Gasteiger partial charge in [-0.2, -0.15) is 0 Å². The number of morpholine rings is 1. The van der Waals surface area contributed by atoms with Gasteiger partial charge in [-0.25, -0.2) is 0 Å². The summed E-state index contributed by atoms with van der Waals surface area (Å²) in [6.07, 6.45) is -5.88. The van der Waals surface area contributed by atoms with Crippen LogP contribution in [0, 0.1) is 0 Å². The number of nitrogens with one attached hydrogen (secondary N) is 2. The Balaban J connectivity index is 1.29. The van der Waals surface area contributed by atoms with Gasteiger partial charge in [-0.15, -0.1) is 0 Å². The molecule has 0 unspecified atom stereocenters. The van der Waals surface area contributed by atoms with E-state index in [2.05, 4.69) is 22.3 Å². The van der Waals surface area contributed by atoms with Crippen LogP contribution in [-0.2, 0) is 34.0 Å². The van der Waals surface area contributed by atoms with E-state index in [0.717, 1.165) is 43.3 Å². The topological polar surface area (TPSA) is 91.0 Å². The van der Waals surface area contributed by atoms with Crippen molar-refractivity contribution < 1.29 is 24.6 Å². The molecule has 172 valence electrons. The Kier molecular flexibility index (Phi) is 4.88. The SMILES string of the molecule is [2H]C1([2H])C(=O)NC(=O)[C@H](N2Cc3c(NCc4ccc(CN5CCOCC5)cc4)cccc3C2=O)C1([2H])[2H]. The van der Waals surface area contributed by atoms with Crippen LogP contribution in [0.2, 0.25) is 0 Å². The lowest BCUT2D eigenvalue weighted by Gasteiger charge is -2.29. The van der Waals surface area contributed by atoms with Gasteiger partial charge in [0, 0.05) is 61.4 Å². The number of hydrogen-bond acceptors (Lipinski definition) is 6. The third-order valence-corrected chi connectivity index (χ3v) is 6.13. The number of hydrogen-bond donors (Lipinski definition) is 2. The third kappa shape index (κ3) is 4.62. The maximum Gasteiger partial charge on any atom is 0.255 e. The molecule has 0 aliphatic carbocycles. The number of amides is 3. The second-order valence-corrected chi connectivity index (χ2v) is 8.31. The second kappa shape index (κ2) is 9.33. The molecule has 0 bridgehead atoms. The van der Waals surface area contributed by atoms with E-state index in [1.54, 1.807) is 18.2 Å². The summed E-state index contributed by atoms with van der Waals surface area (Å²) < 4.78 is 37.7. The molecule has 3 heterocycles. The normalized spacial score (nSPS) is 26.0. The van der Waals surface area contributed by atoms with Crippen LogP contribution in [0.15, 0.2) is 42.5 Å². The van der Waals surface area contributed by atoms with Crippen molar-refractivity contribution in [3.8, 4) is 0 Å². The lowest BCUT2D eigenvalue weighted by atomic mass is 10.0. The van der Waals surface area contributed by atoms with Crippen LogP contribution in [0.5, 0.6) is 0 Å². The maximum atomic E-state index is 13.2. The molecular weight excluding hydrogens is 420 g/mol. The van der Waals surface area contributed by atoms with Gasteiger partial charge in [-0.1, -0.05) is 30.3 Å². The Morgan fingerprint density at radius 3 is 2.61 bits per heavy atom. The summed E-state index contributed by atoms with van der Waals surface area (Å²) in [6.45, 7) is 4.62. The fourth-order valence-corrected chi connectivity index (χ4v) is 4.34. The molecule has 0 radical (unpaired) electrons. The average molecular weight is 453 g/mol. The van der Waals surface area contributed by atoms with Gasteiger partial charge in [0.25, 0.3) is 5.91 Å². The van der Waals surface area contributed by atoms with Crippen LogP contribution in [0.3, 0.4) is 0 Å². The highest BCUT2D eigenvalue weighted by Crippen LogP contribution is 2.32. The molecule has 0 saturated carbocycles. The number of nitrogens with zero attached hydrogens (tertiary/aromatic N) is 2. The molecule has 1 atom stereocenters. The molecule has 8 nitrogen and oxygen atoms in total. The number of ether oxygens (including phenoxy) is 1. The number of benzene rings is 2. The minimum Gasteiger partial charge on any atom is -0.381 e. The lowest BCUT2D eigenvalue weighted by molar-refractivity contribution is -0.136. The number of anilines is 1. The van der Waals surface area contributed by atoms with Crippen LogP contribution < -0.4 is 10.6 Å². The van der Waals surface area contributed by atoms with Crippen molar-refractivity contribution in [1.82, 2.24) is 15.1 Å². The highest BCUT2D eigenvalue weighted by atomic mass is 16.5. The first kappa shape index (κ1) is 17.3. The van der Waals surface area contributed by atoms with Gasteiger partial charge in [0.1, 0.15) is 6.04 Å². The molecule has 3 amide bonds. The molecule has 3 aliphatic heterocycles. The Morgan fingerprint density at radius 2 is 1.82 bits per heavy atom. The lowest BCUT2D eigenvalue weighted by Crippen LogP contribution is -2.52. The summed E-state index contributed by atoms with van der Waals surface area (Å²) >= 11 is 0. The number of fused-ring (bicyclic) bond motifs is 1. The zero-order valence-electron chi connectivity index (χ0n) is 22.1. The number of carbonyl (C=O) groups excluding carboxylic acids is 3. The molecule has 0 aromatic heterocycles. The van der Waals surface area contributed by atoms with Gasteiger partial charge in [0.15, 0.2) is 0 Å². The zero-order chi connectivity index (χ0) is 26.4. The van der Waals surface area contributed by atoms with E-state index in [9.17, 15) is 14.4 Å². The van der Waals surface area contributed by atoms with Crippen LogP contribution in [0.1, 0.15) is 45.3 Å². The van der Waals surface area contributed by atoms with Crippen molar-refractivity contribution in [1.29, 1.82) is 0 Å². The first-order valence-electron chi connectivity index (χ1n) is 13.0. The summed E-state index contributed by atoms with van der Waals surface area (Å²) in [5, 5.41) is 5.21. The highest BCUT2D eigenvalue weighted by Gasteiger charge is 2.39. The van der Waals surface area contributed by atoms with Crippen molar-refractivity contribution in [3.05, 3.63) is 64.7 Å². The predicted molar refractivity (Wildman–Crippen MR) is 122 cm³/mol. The monoisotopic (exact) mass is 452 g/mol. The fraction of sp³-hybridized carbons (Fsp3) is 0.400. The first-order chi connectivity index (χ1) is 17.6. The van der Waals surface area contributed by atoms with E-state index in [1.165, 1.54) is 5.56 Å². The van der Waals surface area contributed by atoms with E-state index in [-0.39, 0.29) is 6.54 Å². The van der Waals surface area contributed by atoms with Gasteiger partial charge in [-0.3, -0.25) is 24.6 Å². The van der Waals surface area contributed by atoms with E-state index in [4.69, 9.17) is 10.2 Å². The van der Waals surface area contributed by atoms with E-state index in [1.807, 2.05) is 17.4 Å². The van der Waals surface area contributed by atoms with E-state index < -0.39 is 36.5 Å². The summed E-state index contributed by atoms with van der Waals surface area (Å²) in [6, 6.07) is 11.6. The van der Waals surface area contributed by atoms with Crippen molar-refractivity contribution in [2.24, 2.45) is 0 Å². The number of carbonyl (C=O) groups is 3. The van der Waals surface area contributed by atoms with Crippen LogP contribution in [0.25, 0.3) is 0 Å². The summed E-state index contributed by atoms with van der Waals surface area (Å²) in [4.78, 5) is 41.1. The second-order valence-electron chi connectivity index (χ2n) is 8.31.